The summed E-state index contributed by atoms with van der Waals surface area (Å²) in [6.07, 6.45) is -3.91. The minimum Gasteiger partial charge on any atom is -0.463 e. The van der Waals surface area contributed by atoms with Crippen molar-refractivity contribution >= 4 is 41.1 Å². The first kappa shape index (κ1) is 31.7. The molecule has 2 aromatic carbocycles. The Hall–Kier alpha value is -3.28. The Morgan fingerprint density at radius 1 is 1.02 bits per heavy atom. The average molecular weight is 627 g/mol. The van der Waals surface area contributed by atoms with Crippen molar-refractivity contribution in [2.75, 3.05) is 45.9 Å². The molecule has 1 saturated heterocycles. The monoisotopic (exact) mass is 626 g/mol. The lowest BCUT2D eigenvalue weighted by molar-refractivity contribution is -0.139. The number of carbonyl (C=O) groups is 3. The van der Waals surface area contributed by atoms with Crippen LogP contribution in [0, 0.1) is 0 Å². The van der Waals surface area contributed by atoms with Crippen molar-refractivity contribution in [2.24, 2.45) is 0 Å². The van der Waals surface area contributed by atoms with E-state index in [-0.39, 0.29) is 46.8 Å². The van der Waals surface area contributed by atoms with E-state index in [1.165, 1.54) is 17.0 Å². The predicted molar refractivity (Wildman–Crippen MR) is 152 cm³/mol. The van der Waals surface area contributed by atoms with Crippen LogP contribution in [-0.4, -0.2) is 78.5 Å². The zero-order valence-corrected chi connectivity index (χ0v) is 24.7. The van der Waals surface area contributed by atoms with Gasteiger partial charge in [0.2, 0.25) is 0 Å². The Labute approximate surface area is 252 Å². The van der Waals surface area contributed by atoms with Gasteiger partial charge in [-0.3, -0.25) is 14.6 Å². The van der Waals surface area contributed by atoms with Crippen molar-refractivity contribution in [1.82, 2.24) is 20.0 Å². The van der Waals surface area contributed by atoms with Gasteiger partial charge in [-0.2, -0.15) is 13.2 Å². The van der Waals surface area contributed by atoms with E-state index in [9.17, 15) is 27.6 Å². The van der Waals surface area contributed by atoms with Crippen molar-refractivity contribution in [3.8, 4) is 0 Å². The highest BCUT2D eigenvalue weighted by molar-refractivity contribution is 6.42. The van der Waals surface area contributed by atoms with E-state index in [1.54, 1.807) is 36.9 Å². The van der Waals surface area contributed by atoms with Crippen LogP contribution in [0.4, 0.5) is 18.0 Å². The predicted octanol–water partition coefficient (Wildman–Crippen LogP) is 5.76. The quantitative estimate of drug-likeness (QED) is 0.395. The normalized spacial score (nSPS) is 18.5. The third kappa shape index (κ3) is 6.85. The van der Waals surface area contributed by atoms with Crippen molar-refractivity contribution < 1.29 is 32.3 Å². The van der Waals surface area contributed by atoms with Crippen LogP contribution in [0.1, 0.15) is 47.8 Å². The molecule has 0 spiro atoms. The standard InChI is InChI=1S/C29H31Cl2F3N4O4/c1-3-38-22(23(27(40)42-4-2)25(35-28(38)41)20-7-5-8-21(30)24(20)31)17-36-13-6-14-37(16-15-36)26(39)18-9-11-19(12-10-18)29(32,33)34/h5,7-12,25H,3-4,6,13-17H2,1-2H3,(H,35,41)/t25-/m1/s1. The zero-order valence-electron chi connectivity index (χ0n) is 23.1. The van der Waals surface area contributed by atoms with Crippen LogP contribution in [-0.2, 0) is 15.7 Å². The van der Waals surface area contributed by atoms with Crippen molar-refractivity contribution in [2.45, 2.75) is 32.5 Å². The lowest BCUT2D eigenvalue weighted by Gasteiger charge is -2.38. The second-order valence-corrected chi connectivity index (χ2v) is 10.6. The van der Waals surface area contributed by atoms with E-state index in [2.05, 4.69) is 5.32 Å². The number of carbonyl (C=O) groups excluding carboxylic acids is 3. The molecule has 2 aromatic rings. The summed E-state index contributed by atoms with van der Waals surface area (Å²) in [5.74, 6) is -0.958. The first-order valence-corrected chi connectivity index (χ1v) is 14.3. The summed E-state index contributed by atoms with van der Waals surface area (Å²) >= 11 is 12.8. The lowest BCUT2D eigenvalue weighted by Crippen LogP contribution is -2.51. The minimum atomic E-state index is -4.48. The fraction of sp³-hybridized carbons (Fsp3) is 0.414. The number of alkyl halides is 3. The molecule has 2 heterocycles. The van der Waals surface area contributed by atoms with Crippen LogP contribution in [0.25, 0.3) is 0 Å². The fourth-order valence-electron chi connectivity index (χ4n) is 5.16. The van der Waals surface area contributed by atoms with Gasteiger partial charge < -0.3 is 15.0 Å². The maximum atomic E-state index is 13.4. The van der Waals surface area contributed by atoms with Crippen LogP contribution in [0.15, 0.2) is 53.7 Å². The molecule has 3 amide bonds. The third-order valence-corrected chi connectivity index (χ3v) is 8.08. The molecule has 4 rings (SSSR count). The van der Waals surface area contributed by atoms with Crippen LogP contribution in [0.3, 0.4) is 0 Å². The average Bonchev–Trinajstić information content (AvgIpc) is 3.19. The molecule has 42 heavy (non-hydrogen) atoms. The van der Waals surface area contributed by atoms with Crippen LogP contribution >= 0.6 is 23.2 Å². The summed E-state index contributed by atoms with van der Waals surface area (Å²) < 4.78 is 44.2. The molecule has 0 aromatic heterocycles. The SMILES string of the molecule is CCOC(=O)C1=C(CN2CCCN(C(=O)c3ccc(C(F)(F)F)cc3)CC2)N(CC)C(=O)N[C@@H]1c1cccc(Cl)c1Cl. The van der Waals surface area contributed by atoms with Gasteiger partial charge in [-0.05, 0) is 56.2 Å². The van der Waals surface area contributed by atoms with Gasteiger partial charge in [0.05, 0.1) is 33.8 Å². The van der Waals surface area contributed by atoms with Crippen molar-refractivity contribution in [3.05, 3.63) is 80.5 Å². The van der Waals surface area contributed by atoms with Gasteiger partial charge in [-0.15, -0.1) is 0 Å². The number of halogens is 5. The summed E-state index contributed by atoms with van der Waals surface area (Å²) in [7, 11) is 0. The summed E-state index contributed by atoms with van der Waals surface area (Å²) in [6.45, 7) is 5.78. The second kappa shape index (κ2) is 13.4. The highest BCUT2D eigenvalue weighted by Crippen LogP contribution is 2.38. The molecule has 8 nitrogen and oxygen atoms in total. The number of ether oxygens (including phenoxy) is 1. The number of nitrogens with one attached hydrogen (secondary N) is 1. The molecule has 0 radical (unpaired) electrons. The number of hydrogen-bond acceptors (Lipinski definition) is 5. The second-order valence-electron chi connectivity index (χ2n) is 9.85. The highest BCUT2D eigenvalue weighted by atomic mass is 35.5. The molecule has 1 N–H and O–H groups in total. The van der Waals surface area contributed by atoms with Gasteiger partial charge in [0.15, 0.2) is 0 Å². The van der Waals surface area contributed by atoms with Gasteiger partial charge in [0.1, 0.15) is 0 Å². The van der Waals surface area contributed by atoms with E-state index in [4.69, 9.17) is 27.9 Å². The zero-order chi connectivity index (χ0) is 30.6. The van der Waals surface area contributed by atoms with Gasteiger partial charge in [-0.25, -0.2) is 9.59 Å². The molecule has 0 bridgehead atoms. The van der Waals surface area contributed by atoms with Crippen molar-refractivity contribution in [1.29, 1.82) is 0 Å². The molecular formula is C29H31Cl2F3N4O4. The van der Waals surface area contributed by atoms with Crippen LogP contribution in [0.5, 0.6) is 0 Å². The van der Waals surface area contributed by atoms with E-state index in [1.807, 2.05) is 4.90 Å². The van der Waals surface area contributed by atoms with Crippen molar-refractivity contribution in [3.63, 3.8) is 0 Å². The highest BCUT2D eigenvalue weighted by Gasteiger charge is 2.39. The molecule has 2 aliphatic heterocycles. The van der Waals surface area contributed by atoms with Gasteiger partial charge in [0, 0.05) is 50.5 Å². The molecule has 0 aliphatic carbocycles. The summed E-state index contributed by atoms with van der Waals surface area (Å²) in [5, 5.41) is 3.35. The Kier molecular flexibility index (Phi) is 10.1. The molecule has 13 heteroatoms. The number of benzene rings is 2. The first-order chi connectivity index (χ1) is 20.0. The molecule has 1 atom stereocenters. The number of esters is 1. The maximum absolute atomic E-state index is 13.4. The Morgan fingerprint density at radius 3 is 2.38 bits per heavy atom. The smallest absolute Gasteiger partial charge is 0.416 e. The number of nitrogens with zero attached hydrogens (tertiary/aromatic N) is 3. The van der Waals surface area contributed by atoms with Gasteiger partial charge in [-0.1, -0.05) is 35.3 Å². The Balaban J connectivity index is 1.60. The number of rotatable bonds is 7. The molecule has 226 valence electrons. The lowest BCUT2D eigenvalue weighted by atomic mass is 9.94. The number of hydrogen-bond donors (Lipinski definition) is 1. The van der Waals surface area contributed by atoms with Gasteiger partial charge in [0.25, 0.3) is 5.91 Å². The topological polar surface area (TPSA) is 82.2 Å². The Morgan fingerprint density at radius 2 is 1.74 bits per heavy atom. The largest absolute Gasteiger partial charge is 0.463 e. The fourth-order valence-corrected chi connectivity index (χ4v) is 5.58. The van der Waals surface area contributed by atoms with E-state index < -0.39 is 29.8 Å². The van der Waals surface area contributed by atoms with Crippen LogP contribution in [0.2, 0.25) is 10.0 Å². The third-order valence-electron chi connectivity index (χ3n) is 7.25. The Bertz CT molecular complexity index is 1370. The van der Waals surface area contributed by atoms with E-state index in [0.29, 0.717) is 43.9 Å². The summed E-state index contributed by atoms with van der Waals surface area (Å²) in [4.78, 5) is 44.8. The molecule has 0 saturated carbocycles. The number of urea groups is 1. The molecule has 2 aliphatic rings. The molecular weight excluding hydrogens is 596 g/mol. The minimum absolute atomic E-state index is 0.121. The maximum Gasteiger partial charge on any atom is 0.416 e. The molecule has 0 unspecified atom stereocenters. The number of amides is 3. The van der Waals surface area contributed by atoms with E-state index >= 15 is 0 Å². The van der Waals surface area contributed by atoms with E-state index in [0.717, 1.165) is 12.1 Å². The number of likely N-dealkylation sites (N-methyl/N-ethyl adjacent to an activating group) is 1. The van der Waals surface area contributed by atoms with Crippen LogP contribution < -0.4 is 5.32 Å². The summed E-state index contributed by atoms with van der Waals surface area (Å²) in [5.41, 5.74) is 0.512. The summed E-state index contributed by atoms with van der Waals surface area (Å²) in [6, 6.07) is 7.85. The first-order valence-electron chi connectivity index (χ1n) is 13.6. The van der Waals surface area contributed by atoms with Gasteiger partial charge >= 0.3 is 18.2 Å². The molecule has 1 fully saturated rings.